The predicted octanol–water partition coefficient (Wildman–Crippen LogP) is 1.87. The minimum Gasteiger partial charge on any atom is -0.338 e. The fraction of sp³-hybridized carbons (Fsp3) is 0.750. The van der Waals surface area contributed by atoms with E-state index in [-0.39, 0.29) is 5.54 Å². The van der Waals surface area contributed by atoms with Gasteiger partial charge in [-0.2, -0.15) is 0 Å². The minimum absolute atomic E-state index is 0.0171. The summed E-state index contributed by atoms with van der Waals surface area (Å²) in [5.41, 5.74) is 6.44. The predicted molar refractivity (Wildman–Crippen MR) is 61.5 cm³/mol. The summed E-state index contributed by atoms with van der Waals surface area (Å²) in [4.78, 5) is 4.36. The van der Waals surface area contributed by atoms with E-state index in [0.717, 1.165) is 31.0 Å². The van der Waals surface area contributed by atoms with Gasteiger partial charge in [-0.1, -0.05) is 19.8 Å². The maximum atomic E-state index is 6.46. The Labute approximate surface area is 91.7 Å². The molecule has 0 spiro atoms. The molecule has 84 valence electrons. The molecule has 0 radical (unpaired) electrons. The Bertz CT molecular complexity index is 331. The molecule has 0 aliphatic heterocycles. The Balaban J connectivity index is 2.07. The fourth-order valence-electron chi connectivity index (χ4n) is 2.74. The van der Waals surface area contributed by atoms with E-state index >= 15 is 0 Å². The maximum absolute atomic E-state index is 6.46. The average Bonchev–Trinajstić information content (AvgIpc) is 2.50. The summed E-state index contributed by atoms with van der Waals surface area (Å²) in [7, 11) is 2.04. The smallest absolute Gasteiger partial charge is 0.110 e. The van der Waals surface area contributed by atoms with E-state index in [1.807, 2.05) is 19.4 Å². The SMILES string of the molecule is CC1CCCC(N)(Cc2nccn2C)C1. The van der Waals surface area contributed by atoms with Gasteiger partial charge in [0, 0.05) is 31.4 Å². The van der Waals surface area contributed by atoms with Crippen LogP contribution in [0.5, 0.6) is 0 Å². The van der Waals surface area contributed by atoms with Crippen LogP contribution in [0.1, 0.15) is 38.4 Å². The Kier molecular flexibility index (Phi) is 2.83. The van der Waals surface area contributed by atoms with Gasteiger partial charge >= 0.3 is 0 Å². The summed E-state index contributed by atoms with van der Waals surface area (Å²) in [6.45, 7) is 2.30. The van der Waals surface area contributed by atoms with Crippen LogP contribution in [0.15, 0.2) is 12.4 Å². The summed E-state index contributed by atoms with van der Waals surface area (Å²) < 4.78 is 2.08. The number of nitrogens with two attached hydrogens (primary N) is 1. The van der Waals surface area contributed by atoms with Gasteiger partial charge in [-0.3, -0.25) is 0 Å². The maximum Gasteiger partial charge on any atom is 0.110 e. The summed E-state index contributed by atoms with van der Waals surface area (Å²) in [6.07, 6.45) is 9.64. The summed E-state index contributed by atoms with van der Waals surface area (Å²) in [5.74, 6) is 1.88. The van der Waals surface area contributed by atoms with Crippen molar-refractivity contribution < 1.29 is 0 Å². The molecule has 2 atom stereocenters. The Hall–Kier alpha value is -0.830. The van der Waals surface area contributed by atoms with Crippen molar-refractivity contribution in [2.24, 2.45) is 18.7 Å². The van der Waals surface area contributed by atoms with E-state index in [0.29, 0.717) is 0 Å². The van der Waals surface area contributed by atoms with Crippen molar-refractivity contribution in [2.45, 2.75) is 44.6 Å². The van der Waals surface area contributed by atoms with Crippen LogP contribution in [0.25, 0.3) is 0 Å². The van der Waals surface area contributed by atoms with Crippen LogP contribution in [0.2, 0.25) is 0 Å². The molecule has 1 saturated carbocycles. The largest absolute Gasteiger partial charge is 0.338 e. The Morgan fingerprint density at radius 1 is 1.67 bits per heavy atom. The van der Waals surface area contributed by atoms with Crippen molar-refractivity contribution in [3.8, 4) is 0 Å². The standard InChI is InChI=1S/C12H21N3/c1-10-4-3-5-12(13,8-10)9-11-14-6-7-15(11)2/h6-7,10H,3-5,8-9,13H2,1-2H3. The van der Waals surface area contributed by atoms with E-state index in [1.54, 1.807) is 0 Å². The molecule has 2 unspecified atom stereocenters. The lowest BCUT2D eigenvalue weighted by molar-refractivity contribution is 0.231. The molecule has 0 saturated heterocycles. The lowest BCUT2D eigenvalue weighted by atomic mass is 9.75. The summed E-state index contributed by atoms with van der Waals surface area (Å²) in [6, 6.07) is 0. The number of nitrogens with zero attached hydrogens (tertiary/aromatic N) is 2. The van der Waals surface area contributed by atoms with Crippen LogP contribution in [0.3, 0.4) is 0 Å². The Morgan fingerprint density at radius 2 is 2.47 bits per heavy atom. The molecule has 1 aliphatic carbocycles. The van der Waals surface area contributed by atoms with Gasteiger partial charge in [0.15, 0.2) is 0 Å². The molecule has 2 N–H and O–H groups in total. The van der Waals surface area contributed by atoms with Gasteiger partial charge in [0.05, 0.1) is 0 Å². The molecule has 15 heavy (non-hydrogen) atoms. The van der Waals surface area contributed by atoms with Crippen molar-refractivity contribution in [1.82, 2.24) is 9.55 Å². The highest BCUT2D eigenvalue weighted by Gasteiger charge is 2.32. The van der Waals surface area contributed by atoms with Crippen LogP contribution < -0.4 is 5.73 Å². The van der Waals surface area contributed by atoms with Gasteiger partial charge in [-0.25, -0.2) is 4.98 Å². The molecule has 0 aromatic carbocycles. The quantitative estimate of drug-likeness (QED) is 0.804. The third-order valence-corrected chi connectivity index (χ3v) is 3.56. The van der Waals surface area contributed by atoms with Crippen molar-refractivity contribution in [3.63, 3.8) is 0 Å². The van der Waals surface area contributed by atoms with Gasteiger partial charge < -0.3 is 10.3 Å². The van der Waals surface area contributed by atoms with Crippen LogP contribution in [0, 0.1) is 5.92 Å². The zero-order valence-electron chi connectivity index (χ0n) is 9.74. The molecule has 1 aliphatic rings. The van der Waals surface area contributed by atoms with Gasteiger partial charge in [0.25, 0.3) is 0 Å². The first-order valence-corrected chi connectivity index (χ1v) is 5.84. The van der Waals surface area contributed by atoms with Crippen LogP contribution >= 0.6 is 0 Å². The topological polar surface area (TPSA) is 43.8 Å². The highest BCUT2D eigenvalue weighted by Crippen LogP contribution is 2.32. The zero-order chi connectivity index (χ0) is 10.9. The van der Waals surface area contributed by atoms with E-state index < -0.39 is 0 Å². The van der Waals surface area contributed by atoms with Crippen LogP contribution in [-0.2, 0) is 13.5 Å². The highest BCUT2D eigenvalue weighted by atomic mass is 15.0. The van der Waals surface area contributed by atoms with E-state index in [1.165, 1.54) is 12.8 Å². The van der Waals surface area contributed by atoms with Gasteiger partial charge in [-0.05, 0) is 18.8 Å². The number of hydrogen-bond acceptors (Lipinski definition) is 2. The highest BCUT2D eigenvalue weighted by molar-refractivity contribution is 5.02. The van der Waals surface area contributed by atoms with Crippen LogP contribution in [-0.4, -0.2) is 15.1 Å². The summed E-state index contributed by atoms with van der Waals surface area (Å²) in [5, 5.41) is 0. The second kappa shape index (κ2) is 3.97. The number of aromatic nitrogens is 2. The van der Waals surface area contributed by atoms with Crippen molar-refractivity contribution >= 4 is 0 Å². The van der Waals surface area contributed by atoms with E-state index in [2.05, 4.69) is 16.5 Å². The first kappa shape index (κ1) is 10.7. The molecule has 0 amide bonds. The minimum atomic E-state index is -0.0171. The molecule has 2 rings (SSSR count). The molecule has 3 nitrogen and oxygen atoms in total. The lowest BCUT2D eigenvalue weighted by Gasteiger charge is -2.36. The second-order valence-corrected chi connectivity index (χ2v) is 5.20. The number of hydrogen-bond donors (Lipinski definition) is 1. The van der Waals surface area contributed by atoms with Crippen LogP contribution in [0.4, 0.5) is 0 Å². The second-order valence-electron chi connectivity index (χ2n) is 5.20. The molecule has 1 fully saturated rings. The van der Waals surface area contributed by atoms with Crippen molar-refractivity contribution in [1.29, 1.82) is 0 Å². The van der Waals surface area contributed by atoms with Crippen molar-refractivity contribution in [3.05, 3.63) is 18.2 Å². The lowest BCUT2D eigenvalue weighted by Crippen LogP contribution is -2.46. The normalized spacial score (nSPS) is 31.8. The monoisotopic (exact) mass is 207 g/mol. The first-order chi connectivity index (χ1) is 7.09. The molecular weight excluding hydrogens is 186 g/mol. The molecule has 3 heteroatoms. The van der Waals surface area contributed by atoms with Gasteiger partial charge in [0.2, 0.25) is 0 Å². The third kappa shape index (κ3) is 2.40. The number of imidazole rings is 1. The molecule has 0 bridgehead atoms. The molecular formula is C12H21N3. The van der Waals surface area contributed by atoms with Crippen molar-refractivity contribution in [2.75, 3.05) is 0 Å². The molecule has 1 aromatic heterocycles. The number of rotatable bonds is 2. The van der Waals surface area contributed by atoms with Gasteiger partial charge in [-0.15, -0.1) is 0 Å². The summed E-state index contributed by atoms with van der Waals surface area (Å²) >= 11 is 0. The average molecular weight is 207 g/mol. The zero-order valence-corrected chi connectivity index (χ0v) is 9.74. The van der Waals surface area contributed by atoms with E-state index in [4.69, 9.17) is 5.73 Å². The van der Waals surface area contributed by atoms with Gasteiger partial charge in [0.1, 0.15) is 5.82 Å². The first-order valence-electron chi connectivity index (χ1n) is 5.84. The molecule has 1 heterocycles. The molecule has 1 aromatic rings. The third-order valence-electron chi connectivity index (χ3n) is 3.56. The Morgan fingerprint density at radius 3 is 3.07 bits per heavy atom. The van der Waals surface area contributed by atoms with E-state index in [9.17, 15) is 0 Å². The number of aryl methyl sites for hydroxylation is 1. The fourth-order valence-corrected chi connectivity index (χ4v) is 2.74.